The number of anilines is 1. The summed E-state index contributed by atoms with van der Waals surface area (Å²) in [5, 5.41) is 9.50. The number of para-hydroxylation sites is 1. The predicted molar refractivity (Wildman–Crippen MR) is 76.9 cm³/mol. The van der Waals surface area contributed by atoms with E-state index in [4.69, 9.17) is 4.74 Å². The Kier molecular flexibility index (Phi) is 4.60. The zero-order valence-corrected chi connectivity index (χ0v) is 11.6. The quantitative estimate of drug-likeness (QED) is 0.873. The average molecular weight is 274 g/mol. The molecule has 0 spiro atoms. The van der Waals surface area contributed by atoms with Gasteiger partial charge in [-0.25, -0.2) is 4.79 Å². The Morgan fingerprint density at radius 2 is 2.15 bits per heavy atom. The van der Waals surface area contributed by atoms with Crippen LogP contribution in [0.1, 0.15) is 5.56 Å². The van der Waals surface area contributed by atoms with E-state index in [0.717, 1.165) is 11.3 Å². The van der Waals surface area contributed by atoms with Crippen LogP contribution in [0.3, 0.4) is 0 Å². The molecule has 0 aliphatic rings. The molecule has 0 aliphatic carbocycles. The normalized spacial score (nSPS) is 10.1. The highest BCUT2D eigenvalue weighted by atomic mass is 16.5. The van der Waals surface area contributed by atoms with Gasteiger partial charge in [0.25, 0.3) is 0 Å². The van der Waals surface area contributed by atoms with Crippen molar-refractivity contribution >= 4 is 11.8 Å². The van der Waals surface area contributed by atoms with Gasteiger partial charge >= 0.3 is 6.03 Å². The first kappa shape index (κ1) is 13.9. The summed E-state index contributed by atoms with van der Waals surface area (Å²) in [4.78, 5) is 11.7. The lowest BCUT2D eigenvalue weighted by Crippen LogP contribution is -2.31. The van der Waals surface area contributed by atoms with E-state index in [1.807, 2.05) is 24.3 Å². The van der Waals surface area contributed by atoms with Gasteiger partial charge in [-0.2, -0.15) is 5.10 Å². The van der Waals surface area contributed by atoms with Gasteiger partial charge in [0.2, 0.25) is 0 Å². The molecule has 1 aromatic heterocycles. The molecule has 2 amide bonds. The fraction of sp³-hybridized carbons (Fsp3) is 0.286. The van der Waals surface area contributed by atoms with Gasteiger partial charge in [0.05, 0.1) is 13.3 Å². The number of carbonyl (C=O) groups is 1. The molecule has 0 atom stereocenters. The van der Waals surface area contributed by atoms with E-state index in [1.165, 1.54) is 0 Å². The van der Waals surface area contributed by atoms with Gasteiger partial charge < -0.3 is 10.1 Å². The molecule has 1 aromatic carbocycles. The first-order valence-electron chi connectivity index (χ1n) is 6.35. The summed E-state index contributed by atoms with van der Waals surface area (Å²) in [5.41, 5.74) is 1.07. The van der Waals surface area contributed by atoms with Gasteiger partial charge in [-0.1, -0.05) is 18.2 Å². The zero-order valence-electron chi connectivity index (χ0n) is 11.6. The van der Waals surface area contributed by atoms with Crippen LogP contribution in [0.2, 0.25) is 0 Å². The Balaban J connectivity index is 1.81. The Labute approximate surface area is 117 Å². The standard InChI is InChI=1S/C14H18N4O2/c1-18-13(8-10-16-18)17-14(19)15-9-7-11-5-3-4-6-12(11)20-2/h3-6,8,10H,7,9H2,1-2H3,(H2,15,17,19). The van der Waals surface area contributed by atoms with Crippen LogP contribution >= 0.6 is 0 Å². The van der Waals surface area contributed by atoms with Gasteiger partial charge in [0.1, 0.15) is 11.6 Å². The van der Waals surface area contributed by atoms with Gasteiger partial charge in [0.15, 0.2) is 0 Å². The fourth-order valence-electron chi connectivity index (χ4n) is 1.88. The Morgan fingerprint density at radius 1 is 1.35 bits per heavy atom. The minimum Gasteiger partial charge on any atom is -0.496 e. The number of amides is 2. The maximum Gasteiger partial charge on any atom is 0.320 e. The summed E-state index contributed by atoms with van der Waals surface area (Å²) in [6.45, 7) is 0.532. The van der Waals surface area contributed by atoms with Gasteiger partial charge in [-0.3, -0.25) is 10.00 Å². The van der Waals surface area contributed by atoms with Crippen LogP contribution in [-0.4, -0.2) is 29.5 Å². The number of nitrogens with zero attached hydrogens (tertiary/aromatic N) is 2. The van der Waals surface area contributed by atoms with Crippen LogP contribution < -0.4 is 15.4 Å². The second-order valence-electron chi connectivity index (χ2n) is 4.28. The SMILES string of the molecule is COc1ccccc1CCNC(=O)Nc1ccnn1C. The molecule has 0 unspecified atom stereocenters. The molecular formula is C14H18N4O2. The number of aryl methyl sites for hydroxylation is 1. The van der Waals surface area contributed by atoms with Crippen LogP contribution in [0, 0.1) is 0 Å². The van der Waals surface area contributed by atoms with E-state index < -0.39 is 0 Å². The minimum absolute atomic E-state index is 0.247. The van der Waals surface area contributed by atoms with Crippen molar-refractivity contribution in [1.29, 1.82) is 0 Å². The fourth-order valence-corrected chi connectivity index (χ4v) is 1.88. The summed E-state index contributed by atoms with van der Waals surface area (Å²) in [6, 6.07) is 9.26. The molecule has 2 aromatic rings. The molecule has 0 saturated heterocycles. The van der Waals surface area contributed by atoms with Crippen molar-refractivity contribution < 1.29 is 9.53 Å². The van der Waals surface area contributed by atoms with E-state index in [0.29, 0.717) is 18.8 Å². The maximum absolute atomic E-state index is 11.7. The smallest absolute Gasteiger partial charge is 0.320 e. The second-order valence-corrected chi connectivity index (χ2v) is 4.28. The van der Waals surface area contributed by atoms with Crippen LogP contribution in [0.5, 0.6) is 5.75 Å². The number of urea groups is 1. The first-order chi connectivity index (χ1) is 9.70. The summed E-state index contributed by atoms with van der Waals surface area (Å²) in [5.74, 6) is 1.49. The second kappa shape index (κ2) is 6.60. The average Bonchev–Trinajstić information content (AvgIpc) is 2.85. The third-order valence-electron chi connectivity index (χ3n) is 2.93. The van der Waals surface area contributed by atoms with Crippen molar-refractivity contribution in [3.8, 4) is 5.75 Å². The Morgan fingerprint density at radius 3 is 2.85 bits per heavy atom. The zero-order chi connectivity index (χ0) is 14.4. The van der Waals surface area contributed by atoms with Gasteiger partial charge in [-0.05, 0) is 18.1 Å². The highest BCUT2D eigenvalue weighted by molar-refractivity contribution is 5.88. The number of nitrogens with one attached hydrogen (secondary N) is 2. The van der Waals surface area contributed by atoms with E-state index in [9.17, 15) is 4.79 Å². The number of ether oxygens (including phenoxy) is 1. The summed E-state index contributed by atoms with van der Waals surface area (Å²) >= 11 is 0. The number of hydrogen-bond donors (Lipinski definition) is 2. The number of hydrogen-bond acceptors (Lipinski definition) is 3. The number of methoxy groups -OCH3 is 1. The molecule has 0 aliphatic heterocycles. The Hall–Kier alpha value is -2.50. The van der Waals surface area contributed by atoms with Crippen molar-refractivity contribution in [3.63, 3.8) is 0 Å². The van der Waals surface area contributed by atoms with Crippen LogP contribution in [0.25, 0.3) is 0 Å². The summed E-state index contributed by atoms with van der Waals surface area (Å²) in [7, 11) is 3.41. The highest BCUT2D eigenvalue weighted by Gasteiger charge is 2.05. The first-order valence-corrected chi connectivity index (χ1v) is 6.35. The van der Waals surface area contributed by atoms with Crippen molar-refractivity contribution in [2.45, 2.75) is 6.42 Å². The predicted octanol–water partition coefficient (Wildman–Crippen LogP) is 1.79. The number of rotatable bonds is 5. The third-order valence-corrected chi connectivity index (χ3v) is 2.93. The molecular weight excluding hydrogens is 256 g/mol. The highest BCUT2D eigenvalue weighted by Crippen LogP contribution is 2.17. The topological polar surface area (TPSA) is 68.2 Å². The molecule has 0 fully saturated rings. The monoisotopic (exact) mass is 274 g/mol. The molecule has 6 nitrogen and oxygen atoms in total. The van der Waals surface area contributed by atoms with Gasteiger partial charge in [0, 0.05) is 19.7 Å². The lowest BCUT2D eigenvalue weighted by Gasteiger charge is -2.10. The number of carbonyl (C=O) groups excluding carboxylic acids is 1. The van der Waals surface area contributed by atoms with Gasteiger partial charge in [-0.15, -0.1) is 0 Å². The third kappa shape index (κ3) is 3.50. The van der Waals surface area contributed by atoms with Crippen molar-refractivity contribution in [1.82, 2.24) is 15.1 Å². The van der Waals surface area contributed by atoms with E-state index in [1.54, 1.807) is 31.1 Å². The molecule has 106 valence electrons. The molecule has 2 N–H and O–H groups in total. The number of aromatic nitrogens is 2. The minimum atomic E-state index is -0.247. The molecule has 6 heteroatoms. The molecule has 0 radical (unpaired) electrons. The van der Waals surface area contributed by atoms with Crippen LogP contribution in [0.15, 0.2) is 36.5 Å². The number of benzene rings is 1. The lowest BCUT2D eigenvalue weighted by molar-refractivity contribution is 0.252. The molecule has 20 heavy (non-hydrogen) atoms. The molecule has 1 heterocycles. The lowest BCUT2D eigenvalue weighted by atomic mass is 10.1. The maximum atomic E-state index is 11.7. The summed E-state index contributed by atoms with van der Waals surface area (Å²) in [6.07, 6.45) is 2.34. The van der Waals surface area contributed by atoms with Crippen LogP contribution in [0.4, 0.5) is 10.6 Å². The van der Waals surface area contributed by atoms with E-state index in [-0.39, 0.29) is 6.03 Å². The van der Waals surface area contributed by atoms with E-state index >= 15 is 0 Å². The van der Waals surface area contributed by atoms with Crippen LogP contribution in [-0.2, 0) is 13.5 Å². The van der Waals surface area contributed by atoms with E-state index in [2.05, 4.69) is 15.7 Å². The summed E-state index contributed by atoms with van der Waals surface area (Å²) < 4.78 is 6.86. The molecule has 0 bridgehead atoms. The molecule has 2 rings (SSSR count). The van der Waals surface area contributed by atoms with Crippen molar-refractivity contribution in [2.24, 2.45) is 7.05 Å². The van der Waals surface area contributed by atoms with Crippen molar-refractivity contribution in [2.75, 3.05) is 19.0 Å². The molecule has 0 saturated carbocycles. The Bertz CT molecular complexity index is 580. The van der Waals surface area contributed by atoms with Crippen molar-refractivity contribution in [3.05, 3.63) is 42.1 Å². The largest absolute Gasteiger partial charge is 0.496 e.